The van der Waals surface area contributed by atoms with Gasteiger partial charge in [0.1, 0.15) is 5.75 Å². The molecule has 0 aromatic heterocycles. The van der Waals surface area contributed by atoms with Crippen molar-refractivity contribution >= 4 is 29.1 Å². The summed E-state index contributed by atoms with van der Waals surface area (Å²) in [5, 5.41) is 6.22. The van der Waals surface area contributed by atoms with Crippen molar-refractivity contribution < 1.29 is 19.2 Å². The lowest BCUT2D eigenvalue weighted by atomic mass is 10.1. The first-order chi connectivity index (χ1) is 12.9. The Morgan fingerprint density at radius 1 is 1.11 bits per heavy atom. The minimum atomic E-state index is -0.225. The number of hydrogen-bond acceptors (Lipinski definition) is 3. The van der Waals surface area contributed by atoms with Gasteiger partial charge in [-0.05, 0) is 30.7 Å². The average Bonchev–Trinajstić information content (AvgIpc) is 2.62. The summed E-state index contributed by atoms with van der Waals surface area (Å²) in [7, 11) is 3.32. The Morgan fingerprint density at radius 2 is 1.78 bits per heavy atom. The molecule has 7 heteroatoms. The number of rotatable bonds is 8. The van der Waals surface area contributed by atoms with Crippen LogP contribution < -0.4 is 20.3 Å². The van der Waals surface area contributed by atoms with Gasteiger partial charge in [0.15, 0.2) is 13.1 Å². The summed E-state index contributed by atoms with van der Waals surface area (Å²) >= 11 is 5.97. The molecule has 27 heavy (non-hydrogen) atoms. The first kappa shape index (κ1) is 20.7. The highest BCUT2D eigenvalue weighted by atomic mass is 35.5. The van der Waals surface area contributed by atoms with E-state index in [4.69, 9.17) is 16.3 Å². The third-order valence-electron chi connectivity index (χ3n) is 4.04. The Labute approximate surface area is 164 Å². The SMILES string of the molecule is COc1ccc(Cl)cc1NC(=O)C[NH+](C)CC(=O)N[C@H](C)c1ccccc1. The van der Waals surface area contributed by atoms with E-state index in [9.17, 15) is 9.59 Å². The number of hydrogen-bond donors (Lipinski definition) is 3. The van der Waals surface area contributed by atoms with E-state index in [1.165, 1.54) is 7.11 Å². The molecule has 2 aromatic carbocycles. The van der Waals surface area contributed by atoms with E-state index < -0.39 is 0 Å². The van der Waals surface area contributed by atoms with E-state index >= 15 is 0 Å². The van der Waals surface area contributed by atoms with Gasteiger partial charge in [-0.1, -0.05) is 41.9 Å². The summed E-state index contributed by atoms with van der Waals surface area (Å²) in [5.41, 5.74) is 1.54. The van der Waals surface area contributed by atoms with Crippen LogP contribution in [0.15, 0.2) is 48.5 Å². The monoisotopic (exact) mass is 390 g/mol. The van der Waals surface area contributed by atoms with E-state index in [1.807, 2.05) is 37.3 Å². The van der Waals surface area contributed by atoms with Crippen LogP contribution in [0.1, 0.15) is 18.5 Å². The van der Waals surface area contributed by atoms with Gasteiger partial charge >= 0.3 is 0 Å². The number of carbonyl (C=O) groups excluding carboxylic acids is 2. The molecule has 0 saturated carbocycles. The molecular formula is C20H25ClN3O3+. The van der Waals surface area contributed by atoms with E-state index in [0.29, 0.717) is 16.5 Å². The van der Waals surface area contributed by atoms with Crippen molar-refractivity contribution in [2.75, 3.05) is 32.6 Å². The van der Waals surface area contributed by atoms with Gasteiger partial charge < -0.3 is 20.3 Å². The number of amides is 2. The zero-order valence-electron chi connectivity index (χ0n) is 15.7. The Bertz CT molecular complexity index is 783. The number of benzene rings is 2. The number of anilines is 1. The molecule has 3 N–H and O–H groups in total. The van der Waals surface area contributed by atoms with Crippen LogP contribution in [0, 0.1) is 0 Å². The van der Waals surface area contributed by atoms with Crippen molar-refractivity contribution in [1.82, 2.24) is 5.32 Å². The van der Waals surface area contributed by atoms with E-state index in [2.05, 4.69) is 10.6 Å². The first-order valence-corrected chi connectivity index (χ1v) is 9.06. The van der Waals surface area contributed by atoms with Gasteiger partial charge in [0, 0.05) is 5.02 Å². The summed E-state index contributed by atoms with van der Waals surface area (Å²) in [6.45, 7) is 2.26. The molecule has 0 radical (unpaired) electrons. The maximum absolute atomic E-state index is 12.3. The molecule has 0 fully saturated rings. The van der Waals surface area contributed by atoms with Gasteiger partial charge in [-0.3, -0.25) is 9.59 Å². The molecule has 0 saturated heterocycles. The van der Waals surface area contributed by atoms with Crippen LogP contribution in [0.4, 0.5) is 5.69 Å². The van der Waals surface area contributed by atoms with Gasteiger partial charge in [-0.25, -0.2) is 0 Å². The molecule has 0 bridgehead atoms. The minimum Gasteiger partial charge on any atom is -0.495 e. The topological polar surface area (TPSA) is 71.9 Å². The number of ether oxygens (including phenoxy) is 1. The van der Waals surface area contributed by atoms with E-state index in [1.54, 1.807) is 25.2 Å². The molecule has 2 aromatic rings. The Balaban J connectivity index is 1.84. The maximum atomic E-state index is 12.3. The van der Waals surface area contributed by atoms with Crippen molar-refractivity contribution in [1.29, 1.82) is 0 Å². The minimum absolute atomic E-state index is 0.0870. The number of nitrogens with one attached hydrogen (secondary N) is 3. The van der Waals surface area contributed by atoms with E-state index in [-0.39, 0.29) is 30.9 Å². The van der Waals surface area contributed by atoms with Crippen LogP contribution in [0.2, 0.25) is 5.02 Å². The van der Waals surface area contributed by atoms with Crippen molar-refractivity contribution in [2.45, 2.75) is 13.0 Å². The highest BCUT2D eigenvalue weighted by Crippen LogP contribution is 2.27. The molecule has 6 nitrogen and oxygen atoms in total. The van der Waals surface area contributed by atoms with Gasteiger partial charge in [-0.2, -0.15) is 0 Å². The van der Waals surface area contributed by atoms with Crippen LogP contribution >= 0.6 is 11.6 Å². The molecular weight excluding hydrogens is 366 g/mol. The second-order valence-corrected chi connectivity index (χ2v) is 6.84. The molecule has 144 valence electrons. The Morgan fingerprint density at radius 3 is 2.44 bits per heavy atom. The van der Waals surface area contributed by atoms with Crippen LogP contribution in [-0.4, -0.2) is 39.1 Å². The third kappa shape index (κ3) is 6.58. The third-order valence-corrected chi connectivity index (χ3v) is 4.27. The lowest BCUT2D eigenvalue weighted by molar-refractivity contribution is -0.862. The molecule has 0 heterocycles. The number of likely N-dealkylation sites (N-methyl/N-ethyl adjacent to an activating group) is 1. The second kappa shape index (κ2) is 9.94. The zero-order chi connectivity index (χ0) is 19.8. The molecule has 0 aliphatic rings. The quantitative estimate of drug-likeness (QED) is 0.642. The standard InChI is InChI=1S/C20H24ClN3O3/c1-14(15-7-5-4-6-8-15)22-19(25)12-24(2)13-20(26)23-17-11-16(21)9-10-18(17)27-3/h4-11,14H,12-13H2,1-3H3,(H,22,25)(H,23,26)/p+1/t14-/m1/s1. The highest BCUT2D eigenvalue weighted by molar-refractivity contribution is 6.31. The number of halogens is 1. The fraction of sp³-hybridized carbons (Fsp3) is 0.300. The van der Waals surface area contributed by atoms with Crippen LogP contribution in [0.3, 0.4) is 0 Å². The van der Waals surface area contributed by atoms with Crippen molar-refractivity contribution in [3.8, 4) is 5.75 Å². The summed E-state index contributed by atoms with van der Waals surface area (Å²) in [6.07, 6.45) is 0. The smallest absolute Gasteiger partial charge is 0.279 e. The van der Waals surface area contributed by atoms with Gasteiger partial charge in [0.05, 0.1) is 25.9 Å². The molecule has 2 atom stereocenters. The fourth-order valence-corrected chi connectivity index (χ4v) is 2.87. The predicted molar refractivity (Wildman–Crippen MR) is 106 cm³/mol. The lowest BCUT2D eigenvalue weighted by Crippen LogP contribution is -3.11. The zero-order valence-corrected chi connectivity index (χ0v) is 16.5. The summed E-state index contributed by atoms with van der Waals surface area (Å²) in [6, 6.07) is 14.6. The molecule has 2 rings (SSSR count). The van der Waals surface area contributed by atoms with Crippen molar-refractivity contribution in [3.63, 3.8) is 0 Å². The molecule has 0 aliphatic heterocycles. The van der Waals surface area contributed by atoms with Gasteiger partial charge in [0.2, 0.25) is 0 Å². The Hall–Kier alpha value is -2.57. The summed E-state index contributed by atoms with van der Waals surface area (Å²) < 4.78 is 5.21. The van der Waals surface area contributed by atoms with Crippen LogP contribution in [0.25, 0.3) is 0 Å². The lowest BCUT2D eigenvalue weighted by Gasteiger charge is -2.17. The predicted octanol–water partition coefficient (Wildman–Crippen LogP) is 1.68. The van der Waals surface area contributed by atoms with Gasteiger partial charge in [0.25, 0.3) is 11.8 Å². The summed E-state index contributed by atoms with van der Waals surface area (Å²) in [4.78, 5) is 25.3. The molecule has 1 unspecified atom stereocenters. The second-order valence-electron chi connectivity index (χ2n) is 6.40. The van der Waals surface area contributed by atoms with Crippen molar-refractivity contribution in [2.24, 2.45) is 0 Å². The largest absolute Gasteiger partial charge is 0.495 e. The number of carbonyl (C=O) groups is 2. The first-order valence-electron chi connectivity index (χ1n) is 8.68. The molecule has 0 spiro atoms. The molecule has 0 aliphatic carbocycles. The molecule has 2 amide bonds. The number of quaternary nitrogens is 1. The van der Waals surface area contributed by atoms with Gasteiger partial charge in [-0.15, -0.1) is 0 Å². The number of methoxy groups -OCH3 is 1. The Kier molecular flexibility index (Phi) is 7.64. The normalized spacial score (nSPS) is 12.7. The maximum Gasteiger partial charge on any atom is 0.279 e. The highest BCUT2D eigenvalue weighted by Gasteiger charge is 2.17. The van der Waals surface area contributed by atoms with Crippen LogP contribution in [-0.2, 0) is 9.59 Å². The van der Waals surface area contributed by atoms with Crippen molar-refractivity contribution in [3.05, 3.63) is 59.1 Å². The average molecular weight is 391 g/mol. The fourth-order valence-electron chi connectivity index (χ4n) is 2.70. The van der Waals surface area contributed by atoms with E-state index in [0.717, 1.165) is 10.5 Å². The van der Waals surface area contributed by atoms with Crippen LogP contribution in [0.5, 0.6) is 5.75 Å². The summed E-state index contributed by atoms with van der Waals surface area (Å²) in [5.74, 6) is 0.189.